The molecule has 0 atom stereocenters. The predicted octanol–water partition coefficient (Wildman–Crippen LogP) is 4.29. The molecule has 1 amide bonds. The molecule has 0 N–H and O–H groups in total. The summed E-state index contributed by atoms with van der Waals surface area (Å²) >= 11 is 1.47. The van der Waals surface area contributed by atoms with Gasteiger partial charge >= 0.3 is 0 Å². The summed E-state index contributed by atoms with van der Waals surface area (Å²) in [6.45, 7) is 3.99. The van der Waals surface area contributed by atoms with E-state index in [0.29, 0.717) is 6.54 Å². The van der Waals surface area contributed by atoms with Gasteiger partial charge in [-0.1, -0.05) is 6.07 Å². The number of nitrogens with zero attached hydrogens (tertiary/aromatic N) is 2. The third-order valence-corrected chi connectivity index (χ3v) is 7.14. The predicted molar refractivity (Wildman–Crippen MR) is 102 cm³/mol. The average Bonchev–Trinajstić information content (AvgIpc) is 3.19. The summed E-state index contributed by atoms with van der Waals surface area (Å²) < 4.78 is 14.0. The standard InChI is InChI=1S/C21H23FN2OS/c22-16-5-6-18-17(12-16)21(7-9-23(10-8-21)13-15-3-4-15)14-24(18)20(25)19-2-1-11-26-19/h1-2,5-6,11-12,15H,3-4,7-10,13-14H2. The summed E-state index contributed by atoms with van der Waals surface area (Å²) in [5.74, 6) is 0.744. The molecule has 0 bridgehead atoms. The number of rotatable bonds is 3. The topological polar surface area (TPSA) is 23.6 Å². The highest BCUT2D eigenvalue weighted by molar-refractivity contribution is 7.12. The van der Waals surface area contributed by atoms with Gasteiger partial charge in [0.2, 0.25) is 0 Å². The fourth-order valence-corrected chi connectivity index (χ4v) is 5.28. The summed E-state index contributed by atoms with van der Waals surface area (Å²) in [7, 11) is 0. The summed E-state index contributed by atoms with van der Waals surface area (Å²) in [5.41, 5.74) is 1.85. The van der Waals surface area contributed by atoms with E-state index >= 15 is 0 Å². The number of piperidine rings is 1. The molecule has 2 aliphatic heterocycles. The van der Waals surface area contributed by atoms with E-state index in [1.807, 2.05) is 22.4 Å². The van der Waals surface area contributed by atoms with Crippen molar-refractivity contribution in [1.29, 1.82) is 0 Å². The number of carbonyl (C=O) groups is 1. The molecule has 26 heavy (non-hydrogen) atoms. The molecule has 3 nitrogen and oxygen atoms in total. The first-order chi connectivity index (χ1) is 12.6. The van der Waals surface area contributed by atoms with Gasteiger partial charge in [-0.3, -0.25) is 4.79 Å². The lowest BCUT2D eigenvalue weighted by atomic mass is 9.74. The molecule has 136 valence electrons. The summed E-state index contributed by atoms with van der Waals surface area (Å²) in [6, 6.07) is 8.73. The Morgan fingerprint density at radius 2 is 2.04 bits per heavy atom. The molecule has 5 rings (SSSR count). The number of likely N-dealkylation sites (tertiary alicyclic amines) is 1. The van der Waals surface area contributed by atoms with Crippen molar-refractivity contribution in [1.82, 2.24) is 4.90 Å². The monoisotopic (exact) mass is 370 g/mol. The number of hydrogen-bond acceptors (Lipinski definition) is 3. The third-order valence-electron chi connectivity index (χ3n) is 6.29. The van der Waals surface area contributed by atoms with Gasteiger partial charge in [0.25, 0.3) is 5.91 Å². The van der Waals surface area contributed by atoms with E-state index in [2.05, 4.69) is 4.90 Å². The largest absolute Gasteiger partial charge is 0.306 e. The zero-order valence-corrected chi connectivity index (χ0v) is 15.6. The molecule has 1 aromatic carbocycles. The normalized spacial score (nSPS) is 22.0. The molecule has 1 aromatic heterocycles. The van der Waals surface area contributed by atoms with Crippen LogP contribution in [0.3, 0.4) is 0 Å². The molecular formula is C21H23FN2OS. The summed E-state index contributed by atoms with van der Waals surface area (Å²) in [4.78, 5) is 18.2. The highest BCUT2D eigenvalue weighted by atomic mass is 32.1. The minimum absolute atomic E-state index is 0.0464. The first kappa shape index (κ1) is 16.5. The van der Waals surface area contributed by atoms with Gasteiger partial charge in [-0.05, 0) is 79.9 Å². The van der Waals surface area contributed by atoms with Gasteiger partial charge in [0.15, 0.2) is 0 Å². The first-order valence-corrected chi connectivity index (χ1v) is 10.4. The maximum Gasteiger partial charge on any atom is 0.268 e. The molecule has 5 heteroatoms. The van der Waals surface area contributed by atoms with Gasteiger partial charge in [-0.2, -0.15) is 0 Å². The maximum atomic E-state index is 14.0. The van der Waals surface area contributed by atoms with Crippen LogP contribution in [0.2, 0.25) is 0 Å². The number of hydrogen-bond donors (Lipinski definition) is 0. The van der Waals surface area contributed by atoms with Crippen LogP contribution in [0.5, 0.6) is 0 Å². The van der Waals surface area contributed by atoms with E-state index in [1.165, 1.54) is 36.8 Å². The van der Waals surface area contributed by atoms with Crippen LogP contribution < -0.4 is 4.90 Å². The Balaban J connectivity index is 1.44. The lowest BCUT2D eigenvalue weighted by molar-refractivity contribution is 0.0979. The van der Waals surface area contributed by atoms with Crippen molar-refractivity contribution in [2.45, 2.75) is 31.1 Å². The maximum absolute atomic E-state index is 14.0. The Morgan fingerprint density at radius 1 is 1.23 bits per heavy atom. The molecular weight excluding hydrogens is 347 g/mol. The van der Waals surface area contributed by atoms with Gasteiger partial charge in [0.05, 0.1) is 4.88 Å². The molecule has 0 radical (unpaired) electrons. The number of carbonyl (C=O) groups excluding carboxylic acids is 1. The fraction of sp³-hybridized carbons (Fsp3) is 0.476. The summed E-state index contributed by atoms with van der Waals surface area (Å²) in [5, 5.41) is 1.93. The Bertz CT molecular complexity index is 823. The zero-order valence-electron chi connectivity index (χ0n) is 14.8. The molecule has 1 spiro atoms. The van der Waals surface area contributed by atoms with Gasteiger partial charge in [0.1, 0.15) is 5.82 Å². The lowest BCUT2D eigenvalue weighted by Crippen LogP contribution is -2.46. The van der Waals surface area contributed by atoms with Crippen LogP contribution in [0, 0.1) is 11.7 Å². The Kier molecular flexibility index (Phi) is 3.90. The van der Waals surface area contributed by atoms with Gasteiger partial charge in [-0.15, -0.1) is 11.3 Å². The van der Waals surface area contributed by atoms with E-state index in [-0.39, 0.29) is 17.1 Å². The van der Waals surface area contributed by atoms with Gasteiger partial charge < -0.3 is 9.80 Å². The second-order valence-electron chi connectivity index (χ2n) is 8.05. The van der Waals surface area contributed by atoms with Crippen molar-refractivity contribution in [3.05, 3.63) is 52.0 Å². The highest BCUT2D eigenvalue weighted by Gasteiger charge is 2.47. The number of amides is 1. The van der Waals surface area contributed by atoms with Crippen molar-refractivity contribution < 1.29 is 9.18 Å². The van der Waals surface area contributed by atoms with Crippen molar-refractivity contribution >= 4 is 22.9 Å². The summed E-state index contributed by atoms with van der Waals surface area (Å²) in [6.07, 6.45) is 4.76. The van der Waals surface area contributed by atoms with E-state index < -0.39 is 0 Å². The molecule has 1 saturated heterocycles. The number of thiophene rings is 1. The van der Waals surface area contributed by atoms with Gasteiger partial charge in [0, 0.05) is 24.2 Å². The van der Waals surface area contributed by atoms with E-state index in [4.69, 9.17) is 0 Å². The first-order valence-electron chi connectivity index (χ1n) is 9.52. The molecule has 2 aromatic rings. The quantitative estimate of drug-likeness (QED) is 0.805. The number of anilines is 1. The van der Waals surface area contributed by atoms with Crippen molar-refractivity contribution in [3.63, 3.8) is 0 Å². The van der Waals surface area contributed by atoms with Crippen LogP contribution in [0.4, 0.5) is 10.1 Å². The fourth-order valence-electron chi connectivity index (χ4n) is 4.61. The zero-order chi connectivity index (χ0) is 17.7. The van der Waals surface area contributed by atoms with Crippen LogP contribution in [0.25, 0.3) is 0 Å². The minimum Gasteiger partial charge on any atom is -0.306 e. The Hall–Kier alpha value is -1.72. The van der Waals surface area contributed by atoms with Crippen LogP contribution in [0.1, 0.15) is 40.9 Å². The smallest absolute Gasteiger partial charge is 0.268 e. The molecule has 1 aliphatic carbocycles. The molecule has 2 fully saturated rings. The SMILES string of the molecule is O=C(c1cccs1)N1CC2(CCN(CC3CC3)CC2)c2cc(F)ccc21. The molecule has 1 saturated carbocycles. The highest BCUT2D eigenvalue weighted by Crippen LogP contribution is 2.48. The van der Waals surface area contributed by atoms with Crippen LogP contribution >= 0.6 is 11.3 Å². The van der Waals surface area contributed by atoms with E-state index in [0.717, 1.165) is 48.0 Å². The van der Waals surface area contributed by atoms with Crippen LogP contribution in [0.15, 0.2) is 35.7 Å². The lowest BCUT2D eigenvalue weighted by Gasteiger charge is -2.40. The van der Waals surface area contributed by atoms with E-state index in [1.54, 1.807) is 12.1 Å². The Morgan fingerprint density at radius 3 is 2.73 bits per heavy atom. The molecule has 3 heterocycles. The minimum atomic E-state index is -0.200. The molecule has 3 aliphatic rings. The Labute approximate surface area is 157 Å². The van der Waals surface area contributed by atoms with Crippen LogP contribution in [-0.4, -0.2) is 37.0 Å². The number of halogens is 1. The number of benzene rings is 1. The van der Waals surface area contributed by atoms with Crippen LogP contribution in [-0.2, 0) is 5.41 Å². The molecule has 0 unspecified atom stereocenters. The van der Waals surface area contributed by atoms with Crippen molar-refractivity contribution in [2.24, 2.45) is 5.92 Å². The second-order valence-corrected chi connectivity index (χ2v) is 9.00. The third kappa shape index (κ3) is 2.78. The second kappa shape index (κ2) is 6.17. The van der Waals surface area contributed by atoms with E-state index in [9.17, 15) is 9.18 Å². The number of fused-ring (bicyclic) bond motifs is 2. The average molecular weight is 370 g/mol. The van der Waals surface area contributed by atoms with Gasteiger partial charge in [-0.25, -0.2) is 4.39 Å². The van der Waals surface area contributed by atoms with Crippen molar-refractivity contribution in [3.8, 4) is 0 Å². The van der Waals surface area contributed by atoms with Crippen molar-refractivity contribution in [2.75, 3.05) is 31.1 Å².